The molecule has 4 heteroatoms. The Balaban J connectivity index is 2.55. The molecule has 1 heterocycles. The SMILES string of the molecule is C#CC(C)Oc1nc(NC)nc2ccccc12. The van der Waals surface area contributed by atoms with Crippen LogP contribution in [-0.4, -0.2) is 23.1 Å². The van der Waals surface area contributed by atoms with Crippen molar-refractivity contribution in [3.05, 3.63) is 24.3 Å². The summed E-state index contributed by atoms with van der Waals surface area (Å²) in [6.07, 6.45) is 4.98. The Morgan fingerprint density at radius 1 is 1.35 bits per heavy atom. The van der Waals surface area contributed by atoms with Crippen molar-refractivity contribution in [3.8, 4) is 18.2 Å². The van der Waals surface area contributed by atoms with Crippen LogP contribution in [0.3, 0.4) is 0 Å². The lowest BCUT2D eigenvalue weighted by Gasteiger charge is -2.11. The van der Waals surface area contributed by atoms with Crippen molar-refractivity contribution in [3.63, 3.8) is 0 Å². The molecule has 0 aliphatic rings. The number of aromatic nitrogens is 2. The Morgan fingerprint density at radius 3 is 2.82 bits per heavy atom. The van der Waals surface area contributed by atoms with Gasteiger partial charge >= 0.3 is 0 Å². The first-order valence-corrected chi connectivity index (χ1v) is 5.32. The van der Waals surface area contributed by atoms with E-state index in [1.165, 1.54) is 0 Å². The summed E-state index contributed by atoms with van der Waals surface area (Å²) in [7, 11) is 1.76. The minimum Gasteiger partial charge on any atom is -0.461 e. The number of nitrogens with zero attached hydrogens (tertiary/aromatic N) is 2. The summed E-state index contributed by atoms with van der Waals surface area (Å²) in [6, 6.07) is 7.65. The molecule has 0 spiro atoms. The summed E-state index contributed by atoms with van der Waals surface area (Å²) in [5, 5.41) is 3.75. The minimum atomic E-state index is -0.321. The molecule has 0 bridgehead atoms. The average molecular weight is 227 g/mol. The maximum atomic E-state index is 5.59. The molecule has 0 fully saturated rings. The number of nitrogens with one attached hydrogen (secondary N) is 1. The van der Waals surface area contributed by atoms with Gasteiger partial charge in [-0.3, -0.25) is 0 Å². The van der Waals surface area contributed by atoms with Crippen LogP contribution in [0.4, 0.5) is 5.95 Å². The van der Waals surface area contributed by atoms with Gasteiger partial charge in [-0.25, -0.2) is 4.98 Å². The quantitative estimate of drug-likeness (QED) is 0.815. The first kappa shape index (κ1) is 11.2. The second-order valence-electron chi connectivity index (χ2n) is 3.55. The molecule has 17 heavy (non-hydrogen) atoms. The molecular formula is C13H13N3O. The number of para-hydroxylation sites is 1. The maximum Gasteiger partial charge on any atom is 0.227 e. The molecule has 4 nitrogen and oxygen atoms in total. The highest BCUT2D eigenvalue weighted by atomic mass is 16.5. The molecular weight excluding hydrogens is 214 g/mol. The summed E-state index contributed by atoms with van der Waals surface area (Å²) < 4.78 is 5.59. The smallest absolute Gasteiger partial charge is 0.227 e. The van der Waals surface area contributed by atoms with Gasteiger partial charge in [0.2, 0.25) is 11.8 Å². The first-order valence-electron chi connectivity index (χ1n) is 5.32. The number of anilines is 1. The number of ether oxygens (including phenoxy) is 1. The van der Waals surface area contributed by atoms with E-state index in [4.69, 9.17) is 11.2 Å². The van der Waals surface area contributed by atoms with Crippen LogP contribution in [0.25, 0.3) is 10.9 Å². The molecule has 0 radical (unpaired) electrons. The summed E-state index contributed by atoms with van der Waals surface area (Å²) in [6.45, 7) is 1.80. The lowest BCUT2D eigenvalue weighted by Crippen LogP contribution is -2.11. The number of hydrogen-bond acceptors (Lipinski definition) is 4. The van der Waals surface area contributed by atoms with Gasteiger partial charge < -0.3 is 10.1 Å². The van der Waals surface area contributed by atoms with E-state index in [-0.39, 0.29) is 6.10 Å². The van der Waals surface area contributed by atoms with Gasteiger partial charge in [0.25, 0.3) is 0 Å². The van der Waals surface area contributed by atoms with Gasteiger partial charge in [-0.1, -0.05) is 18.1 Å². The highest BCUT2D eigenvalue weighted by molar-refractivity contribution is 5.84. The molecule has 0 saturated heterocycles. The number of fused-ring (bicyclic) bond motifs is 1. The molecule has 0 amide bonds. The van der Waals surface area contributed by atoms with E-state index in [2.05, 4.69) is 21.2 Å². The zero-order valence-corrected chi connectivity index (χ0v) is 9.77. The van der Waals surface area contributed by atoms with Crippen LogP contribution < -0.4 is 10.1 Å². The molecule has 1 unspecified atom stereocenters. The summed E-state index contributed by atoms with van der Waals surface area (Å²) in [4.78, 5) is 8.60. The van der Waals surface area contributed by atoms with Crippen molar-refractivity contribution in [2.75, 3.05) is 12.4 Å². The molecule has 0 saturated carbocycles. The fourth-order valence-corrected chi connectivity index (χ4v) is 1.45. The normalized spacial score (nSPS) is 11.8. The third-order valence-corrected chi connectivity index (χ3v) is 2.31. The minimum absolute atomic E-state index is 0.321. The van der Waals surface area contributed by atoms with Crippen LogP contribution in [0, 0.1) is 12.3 Å². The molecule has 0 aliphatic heterocycles. The van der Waals surface area contributed by atoms with Gasteiger partial charge in [-0.2, -0.15) is 4.98 Å². The predicted molar refractivity (Wildman–Crippen MR) is 68.0 cm³/mol. The van der Waals surface area contributed by atoms with E-state index in [9.17, 15) is 0 Å². The van der Waals surface area contributed by atoms with Crippen LogP contribution in [-0.2, 0) is 0 Å². The zero-order chi connectivity index (χ0) is 12.3. The number of benzene rings is 1. The van der Waals surface area contributed by atoms with Crippen LogP contribution in [0.15, 0.2) is 24.3 Å². The molecule has 0 aliphatic carbocycles. The summed E-state index contributed by atoms with van der Waals surface area (Å²) in [5.41, 5.74) is 0.825. The van der Waals surface area contributed by atoms with E-state index in [0.717, 1.165) is 10.9 Å². The molecule has 1 aromatic carbocycles. The highest BCUT2D eigenvalue weighted by Crippen LogP contribution is 2.24. The Morgan fingerprint density at radius 2 is 2.12 bits per heavy atom. The van der Waals surface area contributed by atoms with Crippen LogP contribution in [0.1, 0.15) is 6.92 Å². The van der Waals surface area contributed by atoms with Crippen molar-refractivity contribution >= 4 is 16.9 Å². The summed E-state index contributed by atoms with van der Waals surface area (Å²) in [5.74, 6) is 3.53. The van der Waals surface area contributed by atoms with Crippen LogP contribution >= 0.6 is 0 Å². The van der Waals surface area contributed by atoms with Crippen LogP contribution in [0.2, 0.25) is 0 Å². The maximum absolute atomic E-state index is 5.59. The van der Waals surface area contributed by atoms with E-state index in [0.29, 0.717) is 11.8 Å². The Kier molecular flexibility index (Phi) is 3.10. The lowest BCUT2D eigenvalue weighted by molar-refractivity contribution is 0.272. The van der Waals surface area contributed by atoms with E-state index < -0.39 is 0 Å². The largest absolute Gasteiger partial charge is 0.461 e. The Labute approximate surface area is 100 Å². The van der Waals surface area contributed by atoms with Gasteiger partial charge in [0, 0.05) is 7.05 Å². The van der Waals surface area contributed by atoms with E-state index >= 15 is 0 Å². The fraction of sp³-hybridized carbons (Fsp3) is 0.231. The number of hydrogen-bond donors (Lipinski definition) is 1. The topological polar surface area (TPSA) is 47.0 Å². The van der Waals surface area contributed by atoms with Gasteiger partial charge in [0.15, 0.2) is 6.10 Å². The highest BCUT2D eigenvalue weighted by Gasteiger charge is 2.09. The van der Waals surface area contributed by atoms with Crippen LogP contribution in [0.5, 0.6) is 5.88 Å². The van der Waals surface area contributed by atoms with Crippen molar-refractivity contribution in [1.29, 1.82) is 0 Å². The standard InChI is InChI=1S/C13H13N3O/c1-4-9(2)17-12-10-7-5-6-8-11(10)15-13(14-3)16-12/h1,5-9H,2-3H3,(H,14,15,16). The average Bonchev–Trinajstić information content (AvgIpc) is 2.38. The molecule has 2 rings (SSSR count). The van der Waals surface area contributed by atoms with E-state index in [1.54, 1.807) is 14.0 Å². The monoisotopic (exact) mass is 227 g/mol. The van der Waals surface area contributed by atoms with Crippen molar-refractivity contribution in [1.82, 2.24) is 9.97 Å². The van der Waals surface area contributed by atoms with Gasteiger partial charge in [0.1, 0.15) is 0 Å². The number of rotatable bonds is 3. The third-order valence-electron chi connectivity index (χ3n) is 2.31. The third kappa shape index (κ3) is 2.28. The first-order chi connectivity index (χ1) is 8.24. The van der Waals surface area contributed by atoms with Crippen molar-refractivity contribution in [2.45, 2.75) is 13.0 Å². The fourth-order valence-electron chi connectivity index (χ4n) is 1.45. The van der Waals surface area contributed by atoms with Crippen molar-refractivity contribution < 1.29 is 4.74 Å². The molecule has 2 aromatic rings. The second kappa shape index (κ2) is 4.71. The van der Waals surface area contributed by atoms with Gasteiger partial charge in [0.05, 0.1) is 10.9 Å². The molecule has 86 valence electrons. The van der Waals surface area contributed by atoms with Gasteiger partial charge in [-0.15, -0.1) is 6.42 Å². The van der Waals surface area contributed by atoms with E-state index in [1.807, 2.05) is 24.3 Å². The Hall–Kier alpha value is -2.28. The lowest BCUT2D eigenvalue weighted by atomic mass is 10.2. The number of terminal acetylenes is 1. The molecule has 1 aromatic heterocycles. The predicted octanol–water partition coefficient (Wildman–Crippen LogP) is 2.07. The second-order valence-corrected chi connectivity index (χ2v) is 3.55. The van der Waals surface area contributed by atoms with Gasteiger partial charge in [-0.05, 0) is 19.1 Å². The molecule has 1 atom stereocenters. The summed E-state index contributed by atoms with van der Waals surface area (Å²) >= 11 is 0. The van der Waals surface area contributed by atoms with Crippen molar-refractivity contribution in [2.24, 2.45) is 0 Å². The molecule has 1 N–H and O–H groups in total. The zero-order valence-electron chi connectivity index (χ0n) is 9.77. The Bertz CT molecular complexity index is 574.